The Morgan fingerprint density at radius 2 is 2.13 bits per heavy atom. The lowest BCUT2D eigenvalue weighted by Gasteiger charge is -2.28. The van der Waals surface area contributed by atoms with Gasteiger partial charge in [0.25, 0.3) is 5.91 Å². The van der Waals surface area contributed by atoms with E-state index < -0.39 is 0 Å². The zero-order valence-electron chi connectivity index (χ0n) is 13.9. The van der Waals surface area contributed by atoms with Gasteiger partial charge < -0.3 is 10.1 Å². The molecule has 4 unspecified atom stereocenters. The first-order valence-electron chi connectivity index (χ1n) is 8.56. The Hall–Kier alpha value is -1.84. The Bertz CT molecular complexity index is 598. The van der Waals surface area contributed by atoms with E-state index in [9.17, 15) is 9.59 Å². The van der Waals surface area contributed by atoms with Crippen LogP contribution in [0.2, 0.25) is 0 Å². The summed E-state index contributed by atoms with van der Waals surface area (Å²) in [6.07, 6.45) is 5.30. The van der Waals surface area contributed by atoms with Gasteiger partial charge in [0, 0.05) is 11.6 Å². The second-order valence-corrected chi connectivity index (χ2v) is 7.07. The van der Waals surface area contributed by atoms with Crippen LogP contribution in [-0.4, -0.2) is 24.3 Å². The topological polar surface area (TPSA) is 55.4 Å². The summed E-state index contributed by atoms with van der Waals surface area (Å²) in [5.41, 5.74) is 0.596. The van der Waals surface area contributed by atoms with E-state index in [4.69, 9.17) is 4.74 Å². The molecule has 2 bridgehead atoms. The molecule has 0 heterocycles. The molecule has 2 aliphatic rings. The van der Waals surface area contributed by atoms with Gasteiger partial charge in [-0.3, -0.25) is 9.59 Å². The van der Waals surface area contributed by atoms with Crippen molar-refractivity contribution in [3.63, 3.8) is 0 Å². The molecule has 4 nitrogen and oxygen atoms in total. The number of hydrogen-bond donors (Lipinski definition) is 1. The second-order valence-electron chi connectivity index (χ2n) is 7.07. The molecule has 4 heteroatoms. The maximum Gasteiger partial charge on any atom is 0.258 e. The monoisotopic (exact) mass is 315 g/mol. The molecule has 3 rings (SSSR count). The average molecular weight is 315 g/mol. The molecule has 0 radical (unpaired) electrons. The highest BCUT2D eigenvalue weighted by Crippen LogP contribution is 2.49. The molecule has 0 spiro atoms. The third-order valence-corrected chi connectivity index (χ3v) is 5.43. The molecule has 124 valence electrons. The predicted molar refractivity (Wildman–Crippen MR) is 88.5 cm³/mol. The first kappa shape index (κ1) is 16.0. The number of carbonyl (C=O) groups is 2. The van der Waals surface area contributed by atoms with E-state index in [1.54, 1.807) is 24.3 Å². The molecule has 0 saturated heterocycles. The van der Waals surface area contributed by atoms with Crippen molar-refractivity contribution in [3.05, 3.63) is 29.8 Å². The number of hydrogen-bond acceptors (Lipinski definition) is 3. The minimum absolute atomic E-state index is 0.00743. The molecule has 2 saturated carbocycles. The summed E-state index contributed by atoms with van der Waals surface area (Å²) in [4.78, 5) is 23.5. The van der Waals surface area contributed by atoms with Crippen molar-refractivity contribution < 1.29 is 14.3 Å². The van der Waals surface area contributed by atoms with Crippen LogP contribution in [0.4, 0.5) is 0 Å². The quantitative estimate of drug-likeness (QED) is 0.820. The van der Waals surface area contributed by atoms with E-state index >= 15 is 0 Å². The lowest BCUT2D eigenvalue weighted by molar-refractivity contribution is -0.124. The van der Waals surface area contributed by atoms with Crippen molar-refractivity contribution in [2.24, 2.45) is 17.8 Å². The normalized spacial score (nSPS) is 26.8. The van der Waals surface area contributed by atoms with Gasteiger partial charge in [0.05, 0.1) is 0 Å². The van der Waals surface area contributed by atoms with Crippen LogP contribution >= 0.6 is 0 Å². The largest absolute Gasteiger partial charge is 0.484 e. The predicted octanol–water partition coefficient (Wildman–Crippen LogP) is 3.21. The van der Waals surface area contributed by atoms with Gasteiger partial charge in [-0.05, 0) is 63.0 Å². The van der Waals surface area contributed by atoms with Crippen molar-refractivity contribution >= 4 is 11.7 Å². The summed E-state index contributed by atoms with van der Waals surface area (Å²) in [5.74, 6) is 2.76. The van der Waals surface area contributed by atoms with Gasteiger partial charge in [0.2, 0.25) is 0 Å². The number of Topliss-reactive ketones (excluding diaryl/α,β-unsaturated/α-hetero) is 1. The van der Waals surface area contributed by atoms with E-state index in [1.807, 2.05) is 0 Å². The van der Waals surface area contributed by atoms with Gasteiger partial charge in [-0.15, -0.1) is 0 Å². The summed E-state index contributed by atoms with van der Waals surface area (Å²) in [6.45, 7) is 3.62. The molecular formula is C19H25NO3. The van der Waals surface area contributed by atoms with Crippen molar-refractivity contribution in [2.45, 2.75) is 45.6 Å². The van der Waals surface area contributed by atoms with Crippen LogP contribution in [0, 0.1) is 17.8 Å². The lowest BCUT2D eigenvalue weighted by atomic mass is 9.84. The van der Waals surface area contributed by atoms with E-state index in [-0.39, 0.29) is 24.3 Å². The van der Waals surface area contributed by atoms with Crippen molar-refractivity contribution in [2.75, 3.05) is 6.61 Å². The molecule has 23 heavy (non-hydrogen) atoms. The van der Waals surface area contributed by atoms with Crippen LogP contribution in [0.5, 0.6) is 5.75 Å². The molecule has 4 atom stereocenters. The molecule has 2 fully saturated rings. The highest BCUT2D eigenvalue weighted by atomic mass is 16.5. The summed E-state index contributed by atoms with van der Waals surface area (Å²) in [5, 5.41) is 3.08. The van der Waals surface area contributed by atoms with Gasteiger partial charge >= 0.3 is 0 Å². The van der Waals surface area contributed by atoms with Gasteiger partial charge in [-0.1, -0.05) is 18.6 Å². The Balaban J connectivity index is 1.48. The summed E-state index contributed by atoms with van der Waals surface area (Å²) >= 11 is 0. The molecule has 1 amide bonds. The van der Waals surface area contributed by atoms with E-state index in [2.05, 4.69) is 12.2 Å². The Morgan fingerprint density at radius 3 is 2.78 bits per heavy atom. The van der Waals surface area contributed by atoms with Crippen LogP contribution in [0.1, 0.15) is 49.9 Å². The summed E-state index contributed by atoms with van der Waals surface area (Å²) < 4.78 is 5.52. The highest BCUT2D eigenvalue weighted by molar-refractivity contribution is 5.94. The molecule has 0 aromatic heterocycles. The molecule has 2 aliphatic carbocycles. The minimum Gasteiger partial charge on any atom is -0.484 e. The number of nitrogens with one attached hydrogen (secondary N) is 1. The number of ether oxygens (including phenoxy) is 1. The van der Waals surface area contributed by atoms with Crippen LogP contribution in [-0.2, 0) is 4.79 Å². The van der Waals surface area contributed by atoms with E-state index in [1.165, 1.54) is 32.6 Å². The zero-order chi connectivity index (χ0) is 16.4. The van der Waals surface area contributed by atoms with E-state index in [0.717, 1.165) is 11.8 Å². The first-order valence-corrected chi connectivity index (χ1v) is 8.56. The van der Waals surface area contributed by atoms with Crippen molar-refractivity contribution in [1.29, 1.82) is 0 Å². The highest BCUT2D eigenvalue weighted by Gasteiger charge is 2.42. The fraction of sp³-hybridized carbons (Fsp3) is 0.579. The van der Waals surface area contributed by atoms with E-state index in [0.29, 0.717) is 17.2 Å². The lowest BCUT2D eigenvalue weighted by Crippen LogP contribution is -2.42. The molecule has 1 N–H and O–H groups in total. The molecular weight excluding hydrogens is 290 g/mol. The Morgan fingerprint density at radius 1 is 1.30 bits per heavy atom. The summed E-state index contributed by atoms with van der Waals surface area (Å²) in [7, 11) is 0. The minimum atomic E-state index is -0.0894. The fourth-order valence-electron chi connectivity index (χ4n) is 4.26. The van der Waals surface area contributed by atoms with Crippen LogP contribution in [0.15, 0.2) is 24.3 Å². The van der Waals surface area contributed by atoms with Crippen LogP contribution in [0.25, 0.3) is 0 Å². The average Bonchev–Trinajstić information content (AvgIpc) is 3.16. The smallest absolute Gasteiger partial charge is 0.258 e. The first-order chi connectivity index (χ1) is 11.0. The second kappa shape index (κ2) is 6.73. The SMILES string of the molecule is CC(=O)c1cccc(OCC(=O)NC(C)C2CC3CCC2C3)c1. The third-order valence-electron chi connectivity index (χ3n) is 5.43. The fourth-order valence-corrected chi connectivity index (χ4v) is 4.26. The molecule has 1 aromatic carbocycles. The maximum atomic E-state index is 12.1. The number of benzene rings is 1. The van der Waals surface area contributed by atoms with Gasteiger partial charge in [-0.2, -0.15) is 0 Å². The Kier molecular flexibility index (Phi) is 4.69. The number of fused-ring (bicyclic) bond motifs is 2. The van der Waals surface area contributed by atoms with Gasteiger partial charge in [0.1, 0.15) is 5.75 Å². The van der Waals surface area contributed by atoms with Crippen LogP contribution < -0.4 is 10.1 Å². The molecule has 0 aliphatic heterocycles. The number of carbonyl (C=O) groups excluding carboxylic acids is 2. The standard InChI is InChI=1S/C19H25NO3/c1-12(18-9-14-6-7-16(18)8-14)20-19(22)11-23-17-5-3-4-15(10-17)13(2)21/h3-5,10,12,14,16,18H,6-9,11H2,1-2H3,(H,20,22). The molecule has 1 aromatic rings. The number of rotatable bonds is 6. The van der Waals surface area contributed by atoms with Crippen molar-refractivity contribution in [1.82, 2.24) is 5.32 Å². The van der Waals surface area contributed by atoms with Gasteiger partial charge in [0.15, 0.2) is 12.4 Å². The maximum absolute atomic E-state index is 12.1. The third kappa shape index (κ3) is 3.74. The van der Waals surface area contributed by atoms with Crippen molar-refractivity contribution in [3.8, 4) is 5.75 Å². The number of amides is 1. The number of ketones is 1. The van der Waals surface area contributed by atoms with Crippen LogP contribution in [0.3, 0.4) is 0 Å². The van der Waals surface area contributed by atoms with Gasteiger partial charge in [-0.25, -0.2) is 0 Å². The Labute approximate surface area is 137 Å². The zero-order valence-corrected chi connectivity index (χ0v) is 13.9. The summed E-state index contributed by atoms with van der Waals surface area (Å²) in [6, 6.07) is 7.16.